The number of rotatable bonds is 6. The second-order valence-electron chi connectivity index (χ2n) is 5.09. The third kappa shape index (κ3) is 4.20. The van der Waals surface area contributed by atoms with Crippen molar-refractivity contribution in [3.63, 3.8) is 0 Å². The van der Waals surface area contributed by atoms with Crippen LogP contribution in [-0.2, 0) is 0 Å². The number of benzene rings is 2. The minimum Gasteiger partial charge on any atom is -0.287 e. The van der Waals surface area contributed by atoms with E-state index in [9.17, 15) is 4.79 Å². The van der Waals surface area contributed by atoms with Gasteiger partial charge in [-0.15, -0.1) is 6.58 Å². The molecule has 0 fully saturated rings. The highest BCUT2D eigenvalue weighted by atomic mass is 35.5. The molecule has 3 nitrogen and oxygen atoms in total. The molecule has 2 rings (SSSR count). The second kappa shape index (κ2) is 7.78. The molecule has 0 radical (unpaired) electrons. The Morgan fingerprint density at radius 3 is 2.36 bits per heavy atom. The summed E-state index contributed by atoms with van der Waals surface area (Å²) in [6, 6.07) is 16.5. The first-order valence-corrected chi connectivity index (χ1v) is 7.48. The first kappa shape index (κ1) is 16.3. The van der Waals surface area contributed by atoms with E-state index in [1.807, 2.05) is 55.5 Å². The van der Waals surface area contributed by atoms with Crippen LogP contribution in [0.4, 0.5) is 0 Å². The molecular formula is C18H19ClN2O. The number of hydrazine groups is 1. The molecule has 0 aromatic heterocycles. The molecule has 0 aliphatic rings. The average Bonchev–Trinajstić information content (AvgIpc) is 2.56. The zero-order valence-corrected chi connectivity index (χ0v) is 13.2. The molecule has 4 heteroatoms. The maximum atomic E-state index is 12.1. The highest BCUT2D eigenvalue weighted by molar-refractivity contribution is 6.30. The first-order valence-electron chi connectivity index (χ1n) is 7.10. The predicted octanol–water partition coefficient (Wildman–Crippen LogP) is 4.14. The minimum atomic E-state index is -0.171. The molecule has 2 unspecified atom stereocenters. The Balaban J connectivity index is 2.09. The third-order valence-corrected chi connectivity index (χ3v) is 3.76. The van der Waals surface area contributed by atoms with E-state index in [1.165, 1.54) is 0 Å². The SMILES string of the molecule is C=CC(C)C(NNC(=O)c1ccccc1)c1ccc(Cl)cc1. The van der Waals surface area contributed by atoms with Gasteiger partial charge >= 0.3 is 0 Å². The molecule has 0 aliphatic carbocycles. The summed E-state index contributed by atoms with van der Waals surface area (Å²) in [5.41, 5.74) is 7.49. The van der Waals surface area contributed by atoms with Crippen LogP contribution in [0.1, 0.15) is 28.9 Å². The van der Waals surface area contributed by atoms with Crippen LogP contribution in [0.5, 0.6) is 0 Å². The van der Waals surface area contributed by atoms with Gasteiger partial charge in [0.25, 0.3) is 5.91 Å². The summed E-state index contributed by atoms with van der Waals surface area (Å²) < 4.78 is 0. The van der Waals surface area contributed by atoms with E-state index in [2.05, 4.69) is 17.4 Å². The van der Waals surface area contributed by atoms with Crippen molar-refractivity contribution in [3.8, 4) is 0 Å². The molecule has 22 heavy (non-hydrogen) atoms. The van der Waals surface area contributed by atoms with Gasteiger partial charge in [0.1, 0.15) is 0 Å². The topological polar surface area (TPSA) is 41.1 Å². The van der Waals surface area contributed by atoms with Gasteiger partial charge in [0.2, 0.25) is 0 Å². The van der Waals surface area contributed by atoms with E-state index >= 15 is 0 Å². The van der Waals surface area contributed by atoms with E-state index in [1.54, 1.807) is 12.1 Å². The predicted molar refractivity (Wildman–Crippen MR) is 90.6 cm³/mol. The molecule has 2 atom stereocenters. The van der Waals surface area contributed by atoms with Crippen molar-refractivity contribution in [1.29, 1.82) is 0 Å². The van der Waals surface area contributed by atoms with Crippen molar-refractivity contribution in [2.24, 2.45) is 5.92 Å². The van der Waals surface area contributed by atoms with Crippen molar-refractivity contribution >= 4 is 17.5 Å². The summed E-state index contributed by atoms with van der Waals surface area (Å²) in [4.78, 5) is 12.1. The number of carbonyl (C=O) groups is 1. The van der Waals surface area contributed by atoms with Crippen LogP contribution in [0.3, 0.4) is 0 Å². The van der Waals surface area contributed by atoms with Crippen LogP contribution in [0.15, 0.2) is 67.3 Å². The van der Waals surface area contributed by atoms with E-state index < -0.39 is 0 Å². The molecule has 0 aliphatic heterocycles. The van der Waals surface area contributed by atoms with Gasteiger partial charge in [-0.2, -0.15) is 0 Å². The Bertz CT molecular complexity index is 625. The molecular weight excluding hydrogens is 296 g/mol. The van der Waals surface area contributed by atoms with Crippen LogP contribution in [-0.4, -0.2) is 5.91 Å². The molecule has 1 amide bonds. The molecule has 114 valence electrons. The largest absolute Gasteiger partial charge is 0.287 e. The number of nitrogens with one attached hydrogen (secondary N) is 2. The molecule has 2 N–H and O–H groups in total. The standard InChI is InChI=1S/C18H19ClN2O/c1-3-13(2)17(14-9-11-16(19)12-10-14)20-21-18(22)15-7-5-4-6-8-15/h3-13,17,20H,1H2,2H3,(H,21,22). The second-order valence-corrected chi connectivity index (χ2v) is 5.52. The Hall–Kier alpha value is -2.10. The van der Waals surface area contributed by atoms with Crippen molar-refractivity contribution in [3.05, 3.63) is 83.4 Å². The van der Waals surface area contributed by atoms with Crippen molar-refractivity contribution in [2.45, 2.75) is 13.0 Å². The van der Waals surface area contributed by atoms with Gasteiger partial charge in [0.05, 0.1) is 6.04 Å². The van der Waals surface area contributed by atoms with Crippen LogP contribution >= 0.6 is 11.6 Å². The van der Waals surface area contributed by atoms with E-state index in [0.29, 0.717) is 10.6 Å². The lowest BCUT2D eigenvalue weighted by Gasteiger charge is -2.24. The summed E-state index contributed by atoms with van der Waals surface area (Å²) in [5.74, 6) is -0.0342. The molecule has 0 heterocycles. The van der Waals surface area contributed by atoms with Crippen molar-refractivity contribution in [2.75, 3.05) is 0 Å². The lowest BCUT2D eigenvalue weighted by atomic mass is 9.95. The Morgan fingerprint density at radius 1 is 1.14 bits per heavy atom. The third-order valence-electron chi connectivity index (χ3n) is 3.50. The van der Waals surface area contributed by atoms with Crippen LogP contribution in [0.2, 0.25) is 5.02 Å². The number of hydrogen-bond acceptors (Lipinski definition) is 2. The van der Waals surface area contributed by atoms with Crippen molar-refractivity contribution in [1.82, 2.24) is 10.9 Å². The summed E-state index contributed by atoms with van der Waals surface area (Å²) in [7, 11) is 0. The quantitative estimate of drug-likeness (QED) is 0.621. The van der Waals surface area contributed by atoms with Crippen molar-refractivity contribution < 1.29 is 4.79 Å². The molecule has 0 spiro atoms. The highest BCUT2D eigenvalue weighted by Gasteiger charge is 2.17. The Labute approximate surface area is 136 Å². The normalized spacial score (nSPS) is 13.2. The van der Waals surface area contributed by atoms with Gasteiger partial charge in [0, 0.05) is 10.6 Å². The number of hydrogen-bond donors (Lipinski definition) is 2. The summed E-state index contributed by atoms with van der Waals surface area (Å²) in [5, 5.41) is 0.682. The fraction of sp³-hybridized carbons (Fsp3) is 0.167. The fourth-order valence-corrected chi connectivity index (χ4v) is 2.26. The van der Waals surface area contributed by atoms with Gasteiger partial charge in [0.15, 0.2) is 0 Å². The van der Waals surface area contributed by atoms with Crippen LogP contribution in [0, 0.1) is 5.92 Å². The summed E-state index contributed by atoms with van der Waals surface area (Å²) in [6.45, 7) is 5.87. The van der Waals surface area contributed by atoms with Crippen LogP contribution in [0.25, 0.3) is 0 Å². The van der Waals surface area contributed by atoms with E-state index in [0.717, 1.165) is 5.56 Å². The maximum absolute atomic E-state index is 12.1. The zero-order chi connectivity index (χ0) is 15.9. The molecule has 0 saturated heterocycles. The molecule has 0 saturated carbocycles. The molecule has 2 aromatic rings. The summed E-state index contributed by atoms with van der Waals surface area (Å²) in [6.07, 6.45) is 1.85. The first-order chi connectivity index (χ1) is 10.6. The summed E-state index contributed by atoms with van der Waals surface area (Å²) >= 11 is 5.93. The molecule has 0 bridgehead atoms. The lowest BCUT2D eigenvalue weighted by molar-refractivity contribution is 0.0921. The number of amides is 1. The zero-order valence-electron chi connectivity index (χ0n) is 12.4. The molecule has 2 aromatic carbocycles. The monoisotopic (exact) mass is 314 g/mol. The van der Waals surface area contributed by atoms with E-state index in [-0.39, 0.29) is 17.9 Å². The van der Waals surface area contributed by atoms with Gasteiger partial charge in [-0.3, -0.25) is 10.2 Å². The Morgan fingerprint density at radius 2 is 1.77 bits per heavy atom. The lowest BCUT2D eigenvalue weighted by Crippen LogP contribution is -2.42. The van der Waals surface area contributed by atoms with Crippen LogP contribution < -0.4 is 10.9 Å². The minimum absolute atomic E-state index is 0.0811. The number of halogens is 1. The van der Waals surface area contributed by atoms with E-state index in [4.69, 9.17) is 11.6 Å². The van der Waals surface area contributed by atoms with Gasteiger partial charge in [-0.05, 0) is 35.7 Å². The number of carbonyl (C=O) groups excluding carboxylic acids is 1. The maximum Gasteiger partial charge on any atom is 0.265 e. The highest BCUT2D eigenvalue weighted by Crippen LogP contribution is 2.23. The van der Waals surface area contributed by atoms with Gasteiger partial charge in [-0.25, -0.2) is 5.43 Å². The Kier molecular flexibility index (Phi) is 5.75. The van der Waals surface area contributed by atoms with Gasteiger partial charge in [-0.1, -0.05) is 54.9 Å². The fourth-order valence-electron chi connectivity index (χ4n) is 2.13. The van der Waals surface area contributed by atoms with Gasteiger partial charge < -0.3 is 0 Å². The smallest absolute Gasteiger partial charge is 0.265 e. The average molecular weight is 315 g/mol.